The second-order valence-electron chi connectivity index (χ2n) is 7.93. The predicted octanol–water partition coefficient (Wildman–Crippen LogP) is 4.12. The summed E-state index contributed by atoms with van der Waals surface area (Å²) < 4.78 is 19.1. The fraction of sp³-hybridized carbons (Fsp3) is 0.375. The van der Waals surface area contributed by atoms with E-state index in [-0.39, 0.29) is 24.2 Å². The van der Waals surface area contributed by atoms with Crippen molar-refractivity contribution < 1.29 is 13.9 Å². The summed E-state index contributed by atoms with van der Waals surface area (Å²) >= 11 is 0. The molecular weight excluding hydrogens is 381 g/mol. The molecule has 0 spiro atoms. The molecule has 0 bridgehead atoms. The molecule has 0 saturated carbocycles. The Morgan fingerprint density at radius 2 is 2.03 bits per heavy atom. The molecule has 158 valence electrons. The monoisotopic (exact) mass is 409 g/mol. The van der Waals surface area contributed by atoms with Crippen molar-refractivity contribution in [3.05, 3.63) is 65.1 Å². The van der Waals surface area contributed by atoms with Crippen LogP contribution in [0.4, 0.5) is 4.39 Å². The zero-order valence-electron chi connectivity index (χ0n) is 17.5. The lowest BCUT2D eigenvalue weighted by molar-refractivity contribution is -0.120. The Kier molecular flexibility index (Phi) is 6.04. The van der Waals surface area contributed by atoms with Crippen molar-refractivity contribution in [1.29, 1.82) is 0 Å². The van der Waals surface area contributed by atoms with Crippen molar-refractivity contribution in [3.63, 3.8) is 0 Å². The number of aryl methyl sites for hydroxylation is 1. The van der Waals surface area contributed by atoms with E-state index in [2.05, 4.69) is 21.3 Å². The summed E-state index contributed by atoms with van der Waals surface area (Å²) in [6.07, 6.45) is 2.57. The Bertz CT molecular complexity index is 1040. The number of aromatic amines is 1. The maximum atomic E-state index is 13.7. The number of carbonyl (C=O) groups excluding carboxylic acids is 1. The second kappa shape index (κ2) is 8.88. The summed E-state index contributed by atoms with van der Waals surface area (Å²) in [5.41, 5.74) is 3.74. The number of methoxy groups -OCH3 is 1. The minimum Gasteiger partial charge on any atom is -0.497 e. The lowest BCUT2D eigenvalue weighted by Crippen LogP contribution is -2.37. The van der Waals surface area contributed by atoms with Gasteiger partial charge in [0.15, 0.2) is 0 Å². The van der Waals surface area contributed by atoms with Crippen LogP contribution in [0.15, 0.2) is 42.5 Å². The van der Waals surface area contributed by atoms with Crippen molar-refractivity contribution in [3.8, 4) is 5.75 Å². The van der Waals surface area contributed by atoms with Crippen LogP contribution in [0.1, 0.15) is 35.7 Å². The molecule has 1 unspecified atom stereocenters. The van der Waals surface area contributed by atoms with Gasteiger partial charge < -0.3 is 15.0 Å². The highest BCUT2D eigenvalue weighted by atomic mass is 19.1. The standard InChI is InChI=1S/C24H28FN3O2/c1-16-20(21-13-18(25)8-9-22(21)27-16)14-24(29)26-15-23(28-10-3-4-11-28)17-6-5-7-19(12-17)30-2/h5-9,12-13,23,27H,3-4,10-11,14-15H2,1-2H3,(H,26,29). The van der Waals surface area contributed by atoms with E-state index in [0.29, 0.717) is 6.54 Å². The van der Waals surface area contributed by atoms with E-state index in [1.165, 1.54) is 25.0 Å². The normalized spacial score (nSPS) is 15.4. The zero-order valence-corrected chi connectivity index (χ0v) is 17.5. The van der Waals surface area contributed by atoms with E-state index >= 15 is 0 Å². The molecule has 1 aliphatic rings. The van der Waals surface area contributed by atoms with Crippen molar-refractivity contribution in [2.75, 3.05) is 26.7 Å². The van der Waals surface area contributed by atoms with Crippen LogP contribution in [0.2, 0.25) is 0 Å². The van der Waals surface area contributed by atoms with Crippen LogP contribution in [0.25, 0.3) is 10.9 Å². The summed E-state index contributed by atoms with van der Waals surface area (Å²) in [4.78, 5) is 18.5. The number of carbonyl (C=O) groups is 1. The Morgan fingerprint density at radius 1 is 1.23 bits per heavy atom. The average Bonchev–Trinajstić information content (AvgIpc) is 3.37. The Morgan fingerprint density at radius 3 is 2.80 bits per heavy atom. The molecule has 0 aliphatic carbocycles. The lowest BCUT2D eigenvalue weighted by atomic mass is 10.0. The lowest BCUT2D eigenvalue weighted by Gasteiger charge is -2.28. The molecule has 2 aromatic carbocycles. The van der Waals surface area contributed by atoms with Gasteiger partial charge in [0.05, 0.1) is 19.6 Å². The second-order valence-corrected chi connectivity index (χ2v) is 7.93. The number of halogens is 1. The minimum atomic E-state index is -0.296. The molecule has 1 atom stereocenters. The number of benzene rings is 2. The number of hydrogen-bond acceptors (Lipinski definition) is 3. The summed E-state index contributed by atoms with van der Waals surface area (Å²) in [5.74, 6) is 0.463. The van der Waals surface area contributed by atoms with Gasteiger partial charge in [-0.25, -0.2) is 4.39 Å². The highest BCUT2D eigenvalue weighted by Gasteiger charge is 2.24. The van der Waals surface area contributed by atoms with Gasteiger partial charge in [-0.1, -0.05) is 12.1 Å². The minimum absolute atomic E-state index is 0.0599. The third-order valence-electron chi connectivity index (χ3n) is 5.97. The summed E-state index contributed by atoms with van der Waals surface area (Å²) in [6.45, 7) is 4.50. The number of hydrogen-bond donors (Lipinski definition) is 2. The number of likely N-dealkylation sites (tertiary alicyclic amines) is 1. The van der Waals surface area contributed by atoms with Gasteiger partial charge in [0.25, 0.3) is 0 Å². The number of aromatic nitrogens is 1. The summed E-state index contributed by atoms with van der Waals surface area (Å²) in [6, 6.07) is 12.8. The van der Waals surface area contributed by atoms with E-state index in [0.717, 1.165) is 46.6 Å². The van der Waals surface area contributed by atoms with Gasteiger partial charge in [0.2, 0.25) is 5.91 Å². The number of nitrogens with one attached hydrogen (secondary N) is 2. The van der Waals surface area contributed by atoms with Gasteiger partial charge in [0, 0.05) is 23.1 Å². The average molecular weight is 410 g/mol. The molecule has 1 amide bonds. The highest BCUT2D eigenvalue weighted by molar-refractivity contribution is 5.90. The molecule has 1 saturated heterocycles. The summed E-state index contributed by atoms with van der Waals surface area (Å²) in [7, 11) is 1.66. The predicted molar refractivity (Wildman–Crippen MR) is 116 cm³/mol. The topological polar surface area (TPSA) is 57.4 Å². The molecule has 4 rings (SSSR count). The third kappa shape index (κ3) is 4.33. The van der Waals surface area contributed by atoms with Crippen LogP contribution < -0.4 is 10.1 Å². The van der Waals surface area contributed by atoms with Gasteiger partial charge in [0.1, 0.15) is 11.6 Å². The smallest absolute Gasteiger partial charge is 0.224 e. The number of rotatable bonds is 7. The van der Waals surface area contributed by atoms with Crippen LogP contribution in [-0.2, 0) is 11.2 Å². The first-order chi connectivity index (χ1) is 14.5. The molecule has 0 radical (unpaired) electrons. The first-order valence-electron chi connectivity index (χ1n) is 10.5. The van der Waals surface area contributed by atoms with Crippen LogP contribution in [-0.4, -0.2) is 42.5 Å². The maximum absolute atomic E-state index is 13.7. The van der Waals surface area contributed by atoms with E-state index in [1.807, 2.05) is 25.1 Å². The van der Waals surface area contributed by atoms with Crippen molar-refractivity contribution in [1.82, 2.24) is 15.2 Å². The Balaban J connectivity index is 1.49. The molecule has 1 aliphatic heterocycles. The molecule has 1 aromatic heterocycles. The Hall–Kier alpha value is -2.86. The number of nitrogens with zero attached hydrogens (tertiary/aromatic N) is 1. The fourth-order valence-corrected chi connectivity index (χ4v) is 4.38. The van der Waals surface area contributed by atoms with E-state index < -0.39 is 0 Å². The molecular formula is C24H28FN3O2. The van der Waals surface area contributed by atoms with Crippen LogP contribution in [0, 0.1) is 12.7 Å². The van der Waals surface area contributed by atoms with Crippen LogP contribution in [0.3, 0.4) is 0 Å². The number of H-pyrrole nitrogens is 1. The van der Waals surface area contributed by atoms with Crippen LogP contribution in [0.5, 0.6) is 5.75 Å². The van der Waals surface area contributed by atoms with Gasteiger partial charge >= 0.3 is 0 Å². The first kappa shape index (κ1) is 20.4. The SMILES string of the molecule is COc1cccc(C(CNC(=O)Cc2c(C)[nH]c3ccc(F)cc23)N2CCCC2)c1. The third-order valence-corrected chi connectivity index (χ3v) is 5.97. The Labute approximate surface area is 176 Å². The van der Waals surface area contributed by atoms with E-state index in [4.69, 9.17) is 4.74 Å². The van der Waals surface area contributed by atoms with Gasteiger partial charge in [-0.3, -0.25) is 9.69 Å². The van der Waals surface area contributed by atoms with Crippen molar-refractivity contribution in [2.45, 2.75) is 32.2 Å². The largest absolute Gasteiger partial charge is 0.497 e. The van der Waals surface area contributed by atoms with Crippen molar-refractivity contribution in [2.24, 2.45) is 0 Å². The fourth-order valence-electron chi connectivity index (χ4n) is 4.38. The van der Waals surface area contributed by atoms with E-state index in [1.54, 1.807) is 13.2 Å². The zero-order chi connectivity index (χ0) is 21.1. The number of ether oxygens (including phenoxy) is 1. The molecule has 2 heterocycles. The van der Waals surface area contributed by atoms with Gasteiger partial charge in [-0.15, -0.1) is 0 Å². The maximum Gasteiger partial charge on any atom is 0.224 e. The van der Waals surface area contributed by atoms with Crippen molar-refractivity contribution >= 4 is 16.8 Å². The first-order valence-corrected chi connectivity index (χ1v) is 10.5. The molecule has 2 N–H and O–H groups in total. The number of fused-ring (bicyclic) bond motifs is 1. The number of amides is 1. The highest BCUT2D eigenvalue weighted by Crippen LogP contribution is 2.27. The summed E-state index contributed by atoms with van der Waals surface area (Å²) in [5, 5.41) is 3.88. The molecule has 30 heavy (non-hydrogen) atoms. The van der Waals surface area contributed by atoms with Gasteiger partial charge in [-0.2, -0.15) is 0 Å². The quantitative estimate of drug-likeness (QED) is 0.617. The molecule has 5 nitrogen and oxygen atoms in total. The molecule has 1 fully saturated rings. The molecule has 6 heteroatoms. The van der Waals surface area contributed by atoms with Gasteiger partial charge in [-0.05, 0) is 74.3 Å². The van der Waals surface area contributed by atoms with Crippen LogP contribution >= 0.6 is 0 Å². The molecule has 3 aromatic rings. The van der Waals surface area contributed by atoms with E-state index in [9.17, 15) is 9.18 Å².